The lowest BCUT2D eigenvalue weighted by molar-refractivity contribution is 1.32. The zero-order valence-electron chi connectivity index (χ0n) is 31.8. The molecule has 8 aromatic carbocycles. The van der Waals surface area contributed by atoms with E-state index >= 15 is 0 Å². The number of nitrogens with zero attached hydrogens (tertiary/aromatic N) is 2. The number of aromatic nitrogens is 2. The fraction of sp³-hybridized carbons (Fsp3) is 0. The van der Waals surface area contributed by atoms with Crippen LogP contribution in [0, 0.1) is 0 Å². The summed E-state index contributed by atoms with van der Waals surface area (Å²) in [4.78, 5) is 10.4. The second kappa shape index (κ2) is 15.5. The van der Waals surface area contributed by atoms with Crippen molar-refractivity contribution >= 4 is 10.8 Å². The summed E-state index contributed by atoms with van der Waals surface area (Å²) in [6.07, 6.45) is 0. The zero-order valence-corrected chi connectivity index (χ0v) is 31.8. The van der Waals surface area contributed by atoms with Crippen LogP contribution in [0.25, 0.3) is 100 Å². The minimum absolute atomic E-state index is 0.945. The molecular formula is C56H38N2. The molecule has 2 aromatic heterocycles. The Labute approximate surface area is 339 Å². The SMILES string of the molecule is c1ccc(-c2cc(-c3ccccc3)nc(-c3cccc(-c4ccc5cccc(-c6cccc(-c7cc(-c8ccccc8)cc(-c8ccccc8)n7)c6)c5c4)c3)c2)cc1. The summed E-state index contributed by atoms with van der Waals surface area (Å²) in [5.41, 5.74) is 17.4. The second-order valence-corrected chi connectivity index (χ2v) is 14.6. The second-order valence-electron chi connectivity index (χ2n) is 14.6. The average molecular weight is 739 g/mol. The highest BCUT2D eigenvalue weighted by Gasteiger charge is 2.14. The van der Waals surface area contributed by atoms with Crippen molar-refractivity contribution in [2.45, 2.75) is 0 Å². The van der Waals surface area contributed by atoms with Gasteiger partial charge in [-0.05, 0) is 97.7 Å². The van der Waals surface area contributed by atoms with Gasteiger partial charge >= 0.3 is 0 Å². The van der Waals surface area contributed by atoms with Gasteiger partial charge in [0.25, 0.3) is 0 Å². The van der Waals surface area contributed by atoms with Gasteiger partial charge in [0.05, 0.1) is 22.8 Å². The summed E-state index contributed by atoms with van der Waals surface area (Å²) >= 11 is 0. The summed E-state index contributed by atoms with van der Waals surface area (Å²) in [7, 11) is 0. The minimum Gasteiger partial charge on any atom is -0.248 e. The van der Waals surface area contributed by atoms with E-state index in [9.17, 15) is 0 Å². The number of hydrogen-bond donors (Lipinski definition) is 0. The Balaban J connectivity index is 1.04. The number of fused-ring (bicyclic) bond motifs is 1. The Morgan fingerprint density at radius 2 is 0.586 bits per heavy atom. The van der Waals surface area contributed by atoms with Crippen molar-refractivity contribution in [2.75, 3.05) is 0 Å². The Bertz CT molecular complexity index is 2910. The predicted molar refractivity (Wildman–Crippen MR) is 243 cm³/mol. The lowest BCUT2D eigenvalue weighted by Gasteiger charge is -2.13. The molecule has 2 heterocycles. The normalized spacial score (nSPS) is 11.1. The van der Waals surface area contributed by atoms with Crippen LogP contribution in [-0.4, -0.2) is 9.97 Å². The molecule has 0 unspecified atom stereocenters. The van der Waals surface area contributed by atoms with Gasteiger partial charge in [-0.3, -0.25) is 0 Å². The fourth-order valence-corrected chi connectivity index (χ4v) is 7.87. The summed E-state index contributed by atoms with van der Waals surface area (Å²) in [5.74, 6) is 0. The third-order valence-electron chi connectivity index (χ3n) is 10.8. The van der Waals surface area contributed by atoms with Gasteiger partial charge in [-0.15, -0.1) is 0 Å². The molecule has 0 amide bonds. The molecule has 0 bridgehead atoms. The van der Waals surface area contributed by atoms with Crippen LogP contribution in [-0.2, 0) is 0 Å². The molecule has 0 atom stereocenters. The maximum absolute atomic E-state index is 5.22. The first kappa shape index (κ1) is 34.8. The maximum atomic E-state index is 5.22. The molecule has 0 fully saturated rings. The van der Waals surface area contributed by atoms with Crippen LogP contribution in [0.1, 0.15) is 0 Å². The van der Waals surface area contributed by atoms with Gasteiger partial charge in [0.1, 0.15) is 0 Å². The first-order valence-corrected chi connectivity index (χ1v) is 19.7. The van der Waals surface area contributed by atoms with E-state index in [2.05, 4.69) is 218 Å². The smallest absolute Gasteiger partial charge is 0.0715 e. The molecule has 58 heavy (non-hydrogen) atoms. The number of pyridine rings is 2. The van der Waals surface area contributed by atoms with Crippen LogP contribution in [0.3, 0.4) is 0 Å². The lowest BCUT2D eigenvalue weighted by atomic mass is 9.92. The third-order valence-corrected chi connectivity index (χ3v) is 10.8. The summed E-state index contributed by atoms with van der Waals surface area (Å²) in [6, 6.07) is 81.8. The predicted octanol–water partition coefficient (Wildman–Crippen LogP) is 15.0. The van der Waals surface area contributed by atoms with E-state index in [1.807, 2.05) is 12.1 Å². The molecule has 272 valence electrons. The summed E-state index contributed by atoms with van der Waals surface area (Å²) in [6.45, 7) is 0. The maximum Gasteiger partial charge on any atom is 0.0715 e. The lowest BCUT2D eigenvalue weighted by Crippen LogP contribution is -1.92. The van der Waals surface area contributed by atoms with E-state index in [-0.39, 0.29) is 0 Å². The average Bonchev–Trinajstić information content (AvgIpc) is 3.32. The molecule has 0 N–H and O–H groups in total. The molecule has 2 heteroatoms. The molecule has 0 aliphatic rings. The highest BCUT2D eigenvalue weighted by Crippen LogP contribution is 2.37. The van der Waals surface area contributed by atoms with Gasteiger partial charge in [-0.25, -0.2) is 9.97 Å². The zero-order chi connectivity index (χ0) is 38.7. The van der Waals surface area contributed by atoms with Crippen molar-refractivity contribution in [1.82, 2.24) is 9.97 Å². The van der Waals surface area contributed by atoms with E-state index in [0.717, 1.165) is 72.8 Å². The Kier molecular flexibility index (Phi) is 9.27. The molecule has 0 aliphatic carbocycles. The van der Waals surface area contributed by atoms with Gasteiger partial charge in [0.15, 0.2) is 0 Å². The van der Waals surface area contributed by atoms with Gasteiger partial charge in [0.2, 0.25) is 0 Å². The molecule has 10 aromatic rings. The standard InChI is InChI=1S/C56H38N2/c1-5-16-39(17-6-1)49-35-53(42-20-9-3-10-21-42)57-55(37-49)47-27-13-25-44(32-47)45-31-30-41-24-15-29-51(52(41)34-45)46-26-14-28-48(33-46)56-38-50(40-18-7-2-8-19-40)36-54(58-56)43-22-11-4-12-23-43/h1-38H. The molecule has 10 rings (SSSR count). The molecular weight excluding hydrogens is 701 g/mol. The van der Waals surface area contributed by atoms with Crippen molar-refractivity contribution in [3.05, 3.63) is 231 Å². The monoisotopic (exact) mass is 738 g/mol. The molecule has 0 saturated heterocycles. The molecule has 0 spiro atoms. The summed E-state index contributed by atoms with van der Waals surface area (Å²) < 4.78 is 0. The Hall–Kier alpha value is -7.68. The van der Waals surface area contributed by atoms with Crippen LogP contribution in [0.4, 0.5) is 0 Å². The van der Waals surface area contributed by atoms with Crippen molar-refractivity contribution in [3.63, 3.8) is 0 Å². The number of hydrogen-bond acceptors (Lipinski definition) is 2. The number of rotatable bonds is 8. The van der Waals surface area contributed by atoms with Crippen LogP contribution < -0.4 is 0 Å². The topological polar surface area (TPSA) is 25.8 Å². The third kappa shape index (κ3) is 7.11. The largest absolute Gasteiger partial charge is 0.248 e. The van der Waals surface area contributed by atoms with Crippen LogP contribution >= 0.6 is 0 Å². The van der Waals surface area contributed by atoms with E-state index in [1.54, 1.807) is 0 Å². The van der Waals surface area contributed by atoms with Gasteiger partial charge in [-0.1, -0.05) is 188 Å². The number of benzene rings is 8. The first-order valence-electron chi connectivity index (χ1n) is 19.7. The highest BCUT2D eigenvalue weighted by atomic mass is 14.7. The van der Waals surface area contributed by atoms with E-state index in [1.165, 1.54) is 27.5 Å². The van der Waals surface area contributed by atoms with Crippen molar-refractivity contribution in [2.24, 2.45) is 0 Å². The van der Waals surface area contributed by atoms with Crippen LogP contribution in [0.15, 0.2) is 231 Å². The van der Waals surface area contributed by atoms with E-state index in [4.69, 9.17) is 9.97 Å². The van der Waals surface area contributed by atoms with Crippen molar-refractivity contribution in [1.29, 1.82) is 0 Å². The van der Waals surface area contributed by atoms with Crippen molar-refractivity contribution < 1.29 is 0 Å². The molecule has 2 nitrogen and oxygen atoms in total. The van der Waals surface area contributed by atoms with Gasteiger partial charge in [0, 0.05) is 22.3 Å². The highest BCUT2D eigenvalue weighted by molar-refractivity contribution is 6.00. The Morgan fingerprint density at radius 1 is 0.207 bits per heavy atom. The molecule has 0 aliphatic heterocycles. The van der Waals surface area contributed by atoms with Crippen LogP contribution in [0.2, 0.25) is 0 Å². The van der Waals surface area contributed by atoms with E-state index in [0.29, 0.717) is 0 Å². The van der Waals surface area contributed by atoms with Crippen molar-refractivity contribution in [3.8, 4) is 89.5 Å². The summed E-state index contributed by atoms with van der Waals surface area (Å²) in [5, 5.41) is 2.40. The van der Waals surface area contributed by atoms with Gasteiger partial charge < -0.3 is 0 Å². The van der Waals surface area contributed by atoms with E-state index < -0.39 is 0 Å². The van der Waals surface area contributed by atoms with Crippen LogP contribution in [0.5, 0.6) is 0 Å². The quantitative estimate of drug-likeness (QED) is 0.155. The van der Waals surface area contributed by atoms with Gasteiger partial charge in [-0.2, -0.15) is 0 Å². The fourth-order valence-electron chi connectivity index (χ4n) is 7.87. The molecule has 0 saturated carbocycles. The Morgan fingerprint density at radius 3 is 1.10 bits per heavy atom. The first-order chi connectivity index (χ1) is 28.7. The minimum atomic E-state index is 0.945. The molecule has 0 radical (unpaired) electrons.